The second kappa shape index (κ2) is 8.46. The summed E-state index contributed by atoms with van der Waals surface area (Å²) in [6.45, 7) is 0.434. The van der Waals surface area contributed by atoms with Crippen molar-refractivity contribution in [2.45, 2.75) is 0 Å². The highest BCUT2D eigenvalue weighted by atomic mass is 79.9. The molecule has 1 aromatic carbocycles. The molecule has 6 nitrogen and oxygen atoms in total. The third-order valence-corrected chi connectivity index (χ3v) is 4.57. The fourth-order valence-corrected chi connectivity index (χ4v) is 2.97. The molecule has 0 aromatic heterocycles. The van der Waals surface area contributed by atoms with Crippen LogP contribution in [0.15, 0.2) is 33.6 Å². The lowest BCUT2D eigenvalue weighted by atomic mass is 10.2. The monoisotopic (exact) mass is 412 g/mol. The van der Waals surface area contributed by atoms with Gasteiger partial charge in [0.2, 0.25) is 0 Å². The Hall–Kier alpha value is -1.64. The molecule has 1 fully saturated rings. The van der Waals surface area contributed by atoms with E-state index in [1.807, 2.05) is 43.3 Å². The van der Waals surface area contributed by atoms with Crippen LogP contribution < -0.4 is 0 Å². The predicted molar refractivity (Wildman–Crippen MR) is 96.3 cm³/mol. The Morgan fingerprint density at radius 2 is 1.96 bits per heavy atom. The van der Waals surface area contributed by atoms with Crippen LogP contribution in [0.3, 0.4) is 0 Å². The number of carbonyl (C=O) groups is 3. The number of hydrogen-bond donors (Lipinski definition) is 0. The first-order chi connectivity index (χ1) is 11.4. The molecule has 0 atom stereocenters. The molecule has 8 heteroatoms. The number of benzene rings is 1. The number of hydrogen-bond acceptors (Lipinski definition) is 6. The number of imide groups is 1. The van der Waals surface area contributed by atoms with E-state index < -0.39 is 17.1 Å². The molecule has 0 aliphatic carbocycles. The molecule has 0 bridgehead atoms. The van der Waals surface area contributed by atoms with Gasteiger partial charge in [0.05, 0.1) is 4.91 Å². The lowest BCUT2D eigenvalue weighted by molar-refractivity contribution is -0.146. The Morgan fingerprint density at radius 3 is 2.58 bits per heavy atom. The van der Waals surface area contributed by atoms with Gasteiger partial charge < -0.3 is 9.64 Å². The van der Waals surface area contributed by atoms with Crippen molar-refractivity contribution in [2.75, 3.05) is 33.8 Å². The van der Waals surface area contributed by atoms with E-state index in [4.69, 9.17) is 4.74 Å². The Balaban J connectivity index is 1.98. The summed E-state index contributed by atoms with van der Waals surface area (Å²) in [6, 6.07) is 7.34. The highest BCUT2D eigenvalue weighted by Gasteiger charge is 2.36. The molecule has 128 valence electrons. The zero-order valence-corrected chi connectivity index (χ0v) is 15.7. The maximum Gasteiger partial charge on any atom is 0.326 e. The van der Waals surface area contributed by atoms with E-state index in [0.29, 0.717) is 11.4 Å². The van der Waals surface area contributed by atoms with E-state index >= 15 is 0 Å². The number of amides is 2. The quantitative estimate of drug-likeness (QED) is 0.528. The van der Waals surface area contributed by atoms with Gasteiger partial charge in [0.25, 0.3) is 11.1 Å². The number of thioether (sulfide) groups is 1. The maximum absolute atomic E-state index is 12.3. The summed E-state index contributed by atoms with van der Waals surface area (Å²) in [6.07, 6.45) is 1.63. The normalized spacial score (nSPS) is 16.3. The number of carbonyl (C=O) groups excluding carboxylic acids is 3. The molecule has 0 radical (unpaired) electrons. The van der Waals surface area contributed by atoms with Gasteiger partial charge in [-0.2, -0.15) is 0 Å². The van der Waals surface area contributed by atoms with Crippen LogP contribution in [0.4, 0.5) is 4.79 Å². The first-order valence-corrected chi connectivity index (χ1v) is 8.79. The predicted octanol–water partition coefficient (Wildman–Crippen LogP) is 2.59. The molecule has 1 aliphatic heterocycles. The summed E-state index contributed by atoms with van der Waals surface area (Å²) >= 11 is 4.16. The molecular weight excluding hydrogens is 396 g/mol. The Kier molecular flexibility index (Phi) is 6.59. The smallest absolute Gasteiger partial charge is 0.326 e. The molecular formula is C16H17BrN2O4S. The van der Waals surface area contributed by atoms with E-state index in [0.717, 1.165) is 26.7 Å². The summed E-state index contributed by atoms with van der Waals surface area (Å²) in [5.41, 5.74) is 0.803. The first-order valence-electron chi connectivity index (χ1n) is 7.18. The minimum atomic E-state index is -0.593. The summed E-state index contributed by atoms with van der Waals surface area (Å²) in [5.74, 6) is -1.07. The topological polar surface area (TPSA) is 66.9 Å². The summed E-state index contributed by atoms with van der Waals surface area (Å²) < 4.78 is 5.94. The first kappa shape index (κ1) is 18.7. The van der Waals surface area contributed by atoms with Crippen LogP contribution in [-0.4, -0.2) is 60.7 Å². The van der Waals surface area contributed by atoms with E-state index in [-0.39, 0.29) is 13.2 Å². The summed E-state index contributed by atoms with van der Waals surface area (Å²) in [5, 5.41) is -0.465. The number of likely N-dealkylation sites (N-methyl/N-ethyl adjacent to an activating group) is 1. The molecule has 0 saturated carbocycles. The van der Waals surface area contributed by atoms with Crippen LogP contribution in [-0.2, 0) is 14.3 Å². The van der Waals surface area contributed by atoms with Gasteiger partial charge in [-0.15, -0.1) is 0 Å². The molecule has 24 heavy (non-hydrogen) atoms. The zero-order chi connectivity index (χ0) is 17.7. The van der Waals surface area contributed by atoms with Crippen molar-refractivity contribution in [1.82, 2.24) is 9.80 Å². The van der Waals surface area contributed by atoms with Crippen LogP contribution >= 0.6 is 27.7 Å². The molecule has 1 aliphatic rings. The Labute approximate surface area is 152 Å². The van der Waals surface area contributed by atoms with Crippen LogP contribution in [0.2, 0.25) is 0 Å². The SMILES string of the molecule is CN(C)CCOC(=O)CN1C(=O)S/C(=C\c2ccc(Br)cc2)C1=O. The number of nitrogens with zero attached hydrogens (tertiary/aromatic N) is 2. The zero-order valence-electron chi connectivity index (χ0n) is 13.3. The number of halogens is 1. The average Bonchev–Trinajstić information content (AvgIpc) is 2.77. The van der Waals surface area contributed by atoms with Crippen molar-refractivity contribution in [3.05, 3.63) is 39.2 Å². The largest absolute Gasteiger partial charge is 0.463 e. The van der Waals surface area contributed by atoms with Crippen molar-refractivity contribution in [3.8, 4) is 0 Å². The third-order valence-electron chi connectivity index (χ3n) is 3.13. The molecule has 2 amide bonds. The van der Waals surface area contributed by atoms with Crippen LogP contribution in [0.25, 0.3) is 6.08 Å². The number of ether oxygens (including phenoxy) is 1. The van der Waals surface area contributed by atoms with Crippen molar-refractivity contribution < 1.29 is 19.1 Å². The molecule has 0 unspecified atom stereocenters. The number of rotatable bonds is 6. The number of esters is 1. The maximum atomic E-state index is 12.3. The second-order valence-corrected chi connectivity index (χ2v) is 7.25. The van der Waals surface area contributed by atoms with Crippen molar-refractivity contribution >= 4 is 50.9 Å². The van der Waals surface area contributed by atoms with Crippen LogP contribution in [0, 0.1) is 0 Å². The summed E-state index contributed by atoms with van der Waals surface area (Å²) in [7, 11) is 3.72. The highest BCUT2D eigenvalue weighted by molar-refractivity contribution is 9.10. The molecule has 1 heterocycles. The van der Waals surface area contributed by atoms with Gasteiger partial charge in [0.15, 0.2) is 0 Å². The Bertz CT molecular complexity index is 673. The molecule has 0 spiro atoms. The fraction of sp³-hybridized carbons (Fsp3) is 0.312. The van der Waals surface area contributed by atoms with Gasteiger partial charge in [0, 0.05) is 11.0 Å². The molecule has 1 aromatic rings. The van der Waals surface area contributed by atoms with Gasteiger partial charge in [-0.05, 0) is 49.6 Å². The molecule has 1 saturated heterocycles. The van der Waals surface area contributed by atoms with Gasteiger partial charge in [-0.1, -0.05) is 28.1 Å². The minimum absolute atomic E-state index is 0.219. The van der Waals surface area contributed by atoms with Crippen molar-refractivity contribution in [3.63, 3.8) is 0 Å². The molecule has 0 N–H and O–H groups in total. The lowest BCUT2D eigenvalue weighted by Crippen LogP contribution is -2.35. The molecule has 2 rings (SSSR count). The second-order valence-electron chi connectivity index (χ2n) is 5.34. The van der Waals surface area contributed by atoms with E-state index in [1.165, 1.54) is 0 Å². The highest BCUT2D eigenvalue weighted by Crippen LogP contribution is 2.32. The van der Waals surface area contributed by atoms with Crippen LogP contribution in [0.5, 0.6) is 0 Å². The third kappa shape index (κ3) is 5.19. The minimum Gasteiger partial charge on any atom is -0.463 e. The Morgan fingerprint density at radius 1 is 1.29 bits per heavy atom. The van der Waals surface area contributed by atoms with Gasteiger partial charge in [-0.3, -0.25) is 19.3 Å². The van der Waals surface area contributed by atoms with Gasteiger partial charge in [-0.25, -0.2) is 0 Å². The van der Waals surface area contributed by atoms with E-state index in [9.17, 15) is 14.4 Å². The lowest BCUT2D eigenvalue weighted by Gasteiger charge is -2.13. The van der Waals surface area contributed by atoms with Crippen molar-refractivity contribution in [2.24, 2.45) is 0 Å². The van der Waals surface area contributed by atoms with E-state index in [1.54, 1.807) is 6.08 Å². The average molecular weight is 413 g/mol. The van der Waals surface area contributed by atoms with Crippen molar-refractivity contribution in [1.29, 1.82) is 0 Å². The van der Waals surface area contributed by atoms with Gasteiger partial charge >= 0.3 is 5.97 Å². The standard InChI is InChI=1S/C16H17BrN2O4S/c1-18(2)7-8-23-14(20)10-19-15(21)13(24-16(19)22)9-11-3-5-12(17)6-4-11/h3-6,9H,7-8,10H2,1-2H3/b13-9-. The fourth-order valence-electron chi connectivity index (χ4n) is 1.86. The van der Waals surface area contributed by atoms with Crippen LogP contribution in [0.1, 0.15) is 5.56 Å². The summed E-state index contributed by atoms with van der Waals surface area (Å²) in [4.78, 5) is 39.1. The van der Waals surface area contributed by atoms with E-state index in [2.05, 4.69) is 15.9 Å². The van der Waals surface area contributed by atoms with Gasteiger partial charge in [0.1, 0.15) is 13.2 Å².